The fraction of sp³-hybridized carbons (Fsp3) is 0.500. The maximum atomic E-state index is 12.0. The second-order valence-electron chi connectivity index (χ2n) is 4.84. The number of Topliss-reactive ketones (excluding diaryl/α,β-unsaturated/α-hetero) is 1. The molecule has 0 heterocycles. The molecule has 1 rings (SSSR count). The van der Waals surface area contributed by atoms with Gasteiger partial charge < -0.3 is 9.47 Å². The summed E-state index contributed by atoms with van der Waals surface area (Å²) in [7, 11) is 0. The number of ketones is 1. The molecule has 4 nitrogen and oxygen atoms in total. The summed E-state index contributed by atoms with van der Waals surface area (Å²) in [6, 6.07) is 7.03. The molecule has 0 aromatic heterocycles. The van der Waals surface area contributed by atoms with Crippen molar-refractivity contribution >= 4 is 11.8 Å². The molecule has 0 amide bonds. The van der Waals surface area contributed by atoms with E-state index in [0.717, 1.165) is 6.42 Å². The first-order valence-corrected chi connectivity index (χ1v) is 6.98. The second-order valence-corrected chi connectivity index (χ2v) is 4.84. The van der Waals surface area contributed by atoms with Crippen molar-refractivity contribution in [3.63, 3.8) is 0 Å². The molecular formula is C16H22O4. The number of rotatable bonds is 8. The second kappa shape index (κ2) is 8.35. The molecule has 20 heavy (non-hydrogen) atoms. The first-order valence-electron chi connectivity index (χ1n) is 6.98. The first kappa shape index (κ1) is 16.2. The molecule has 1 aromatic carbocycles. The Bertz CT molecular complexity index is 452. The molecule has 0 aliphatic carbocycles. The highest BCUT2D eigenvalue weighted by atomic mass is 16.5. The van der Waals surface area contributed by atoms with Gasteiger partial charge in [-0.25, -0.2) is 0 Å². The summed E-state index contributed by atoms with van der Waals surface area (Å²) in [5.74, 6) is 0.266. The van der Waals surface area contributed by atoms with Crippen LogP contribution in [0.5, 0.6) is 5.75 Å². The van der Waals surface area contributed by atoms with Crippen LogP contribution < -0.4 is 4.74 Å². The summed E-state index contributed by atoms with van der Waals surface area (Å²) >= 11 is 0. The van der Waals surface area contributed by atoms with Crippen LogP contribution in [0.1, 0.15) is 50.4 Å². The number of ether oxygens (including phenoxy) is 2. The van der Waals surface area contributed by atoms with Gasteiger partial charge in [0.2, 0.25) is 0 Å². The van der Waals surface area contributed by atoms with Gasteiger partial charge in [-0.15, -0.1) is 0 Å². The van der Waals surface area contributed by atoms with Crippen LogP contribution in [0.2, 0.25) is 0 Å². The number of hydrogen-bond acceptors (Lipinski definition) is 4. The Morgan fingerprint density at radius 3 is 2.60 bits per heavy atom. The van der Waals surface area contributed by atoms with Crippen LogP contribution in [0.4, 0.5) is 0 Å². The van der Waals surface area contributed by atoms with Crippen LogP contribution in [0.15, 0.2) is 24.3 Å². The molecule has 0 atom stereocenters. The number of carbonyl (C=O) groups excluding carboxylic acids is 2. The molecule has 1 aromatic rings. The normalized spacial score (nSPS) is 10.4. The van der Waals surface area contributed by atoms with E-state index in [-0.39, 0.29) is 30.7 Å². The standard InChI is InChI=1S/C16H22O4/c1-4-10-19-16(18)9-8-15(17)13-6-5-7-14(11-13)20-12(2)3/h5-7,11-12H,4,8-10H2,1-3H3. The van der Waals surface area contributed by atoms with Gasteiger partial charge in [0, 0.05) is 12.0 Å². The van der Waals surface area contributed by atoms with Crippen molar-refractivity contribution in [3.8, 4) is 5.75 Å². The summed E-state index contributed by atoms with van der Waals surface area (Å²) in [5, 5.41) is 0. The summed E-state index contributed by atoms with van der Waals surface area (Å²) in [4.78, 5) is 23.3. The minimum Gasteiger partial charge on any atom is -0.491 e. The Morgan fingerprint density at radius 2 is 1.95 bits per heavy atom. The SMILES string of the molecule is CCCOC(=O)CCC(=O)c1cccc(OC(C)C)c1. The summed E-state index contributed by atoms with van der Waals surface area (Å²) < 4.78 is 10.5. The summed E-state index contributed by atoms with van der Waals surface area (Å²) in [6.45, 7) is 6.19. The Balaban J connectivity index is 2.52. The molecule has 0 aliphatic rings. The van der Waals surface area contributed by atoms with Gasteiger partial charge in [-0.3, -0.25) is 9.59 Å². The van der Waals surface area contributed by atoms with E-state index in [0.29, 0.717) is 17.9 Å². The van der Waals surface area contributed by atoms with E-state index in [2.05, 4.69) is 0 Å². The van der Waals surface area contributed by atoms with Crippen LogP contribution in [0.25, 0.3) is 0 Å². The van der Waals surface area contributed by atoms with Crippen molar-refractivity contribution in [2.24, 2.45) is 0 Å². The minimum absolute atomic E-state index is 0.0596. The molecule has 0 unspecified atom stereocenters. The number of esters is 1. The van der Waals surface area contributed by atoms with Crippen molar-refractivity contribution < 1.29 is 19.1 Å². The largest absolute Gasteiger partial charge is 0.491 e. The maximum Gasteiger partial charge on any atom is 0.306 e. The van der Waals surface area contributed by atoms with Gasteiger partial charge in [0.15, 0.2) is 5.78 Å². The molecular weight excluding hydrogens is 256 g/mol. The zero-order valence-electron chi connectivity index (χ0n) is 12.3. The van der Waals surface area contributed by atoms with Gasteiger partial charge in [-0.2, -0.15) is 0 Å². The third-order valence-corrected chi connectivity index (χ3v) is 2.55. The molecule has 0 spiro atoms. The summed E-state index contributed by atoms with van der Waals surface area (Å²) in [6.07, 6.45) is 1.13. The molecule has 110 valence electrons. The molecule has 0 saturated heterocycles. The average Bonchev–Trinajstić information content (AvgIpc) is 2.42. The van der Waals surface area contributed by atoms with E-state index in [9.17, 15) is 9.59 Å². The predicted octanol–water partition coefficient (Wildman–Crippen LogP) is 3.39. The number of benzene rings is 1. The first-order chi connectivity index (χ1) is 9.52. The Hall–Kier alpha value is -1.84. The topological polar surface area (TPSA) is 52.6 Å². The molecule has 0 fully saturated rings. The van der Waals surface area contributed by atoms with Crippen LogP contribution in [-0.2, 0) is 9.53 Å². The van der Waals surface area contributed by atoms with E-state index in [1.807, 2.05) is 26.8 Å². The van der Waals surface area contributed by atoms with Crippen molar-refractivity contribution in [1.29, 1.82) is 0 Å². The average molecular weight is 278 g/mol. The lowest BCUT2D eigenvalue weighted by molar-refractivity contribution is -0.143. The van der Waals surface area contributed by atoms with Crippen LogP contribution in [0.3, 0.4) is 0 Å². The van der Waals surface area contributed by atoms with E-state index >= 15 is 0 Å². The Morgan fingerprint density at radius 1 is 1.20 bits per heavy atom. The molecule has 0 saturated carbocycles. The van der Waals surface area contributed by atoms with Crippen molar-refractivity contribution in [3.05, 3.63) is 29.8 Å². The zero-order valence-corrected chi connectivity index (χ0v) is 12.3. The molecule has 0 bridgehead atoms. The Kier molecular flexibility index (Phi) is 6.77. The van der Waals surface area contributed by atoms with Crippen LogP contribution in [0, 0.1) is 0 Å². The fourth-order valence-electron chi connectivity index (χ4n) is 1.66. The minimum atomic E-state index is -0.324. The van der Waals surface area contributed by atoms with Gasteiger partial charge in [0.05, 0.1) is 19.1 Å². The lowest BCUT2D eigenvalue weighted by Crippen LogP contribution is -2.09. The van der Waals surface area contributed by atoms with Crippen LogP contribution in [-0.4, -0.2) is 24.5 Å². The third-order valence-electron chi connectivity index (χ3n) is 2.55. The van der Waals surface area contributed by atoms with E-state index in [4.69, 9.17) is 9.47 Å². The van der Waals surface area contributed by atoms with E-state index in [1.165, 1.54) is 0 Å². The highest BCUT2D eigenvalue weighted by Gasteiger charge is 2.11. The van der Waals surface area contributed by atoms with Crippen molar-refractivity contribution in [2.45, 2.75) is 46.1 Å². The van der Waals surface area contributed by atoms with Crippen molar-refractivity contribution in [2.75, 3.05) is 6.61 Å². The summed E-state index contributed by atoms with van der Waals surface area (Å²) in [5.41, 5.74) is 0.562. The maximum absolute atomic E-state index is 12.0. The van der Waals surface area contributed by atoms with Gasteiger partial charge in [0.1, 0.15) is 5.75 Å². The molecule has 0 N–H and O–H groups in total. The number of hydrogen-bond donors (Lipinski definition) is 0. The predicted molar refractivity (Wildman–Crippen MR) is 77.0 cm³/mol. The quantitative estimate of drug-likeness (QED) is 0.540. The monoisotopic (exact) mass is 278 g/mol. The smallest absolute Gasteiger partial charge is 0.306 e. The van der Waals surface area contributed by atoms with Gasteiger partial charge >= 0.3 is 5.97 Å². The molecule has 4 heteroatoms. The lowest BCUT2D eigenvalue weighted by atomic mass is 10.1. The molecule has 0 aliphatic heterocycles. The zero-order chi connectivity index (χ0) is 15.0. The molecule has 0 radical (unpaired) electrons. The van der Waals surface area contributed by atoms with E-state index in [1.54, 1.807) is 18.2 Å². The fourth-order valence-corrected chi connectivity index (χ4v) is 1.66. The van der Waals surface area contributed by atoms with Gasteiger partial charge in [-0.05, 0) is 32.4 Å². The Labute approximate surface area is 120 Å². The highest BCUT2D eigenvalue weighted by molar-refractivity contribution is 5.97. The highest BCUT2D eigenvalue weighted by Crippen LogP contribution is 2.16. The van der Waals surface area contributed by atoms with Gasteiger partial charge in [0.25, 0.3) is 0 Å². The van der Waals surface area contributed by atoms with E-state index < -0.39 is 0 Å². The van der Waals surface area contributed by atoms with Gasteiger partial charge in [-0.1, -0.05) is 19.1 Å². The number of carbonyl (C=O) groups is 2. The third kappa shape index (κ3) is 5.87. The van der Waals surface area contributed by atoms with Crippen molar-refractivity contribution in [1.82, 2.24) is 0 Å². The van der Waals surface area contributed by atoms with Crippen LogP contribution >= 0.6 is 0 Å². The lowest BCUT2D eigenvalue weighted by Gasteiger charge is -2.10.